The second-order valence-electron chi connectivity index (χ2n) is 8.43. The molecule has 1 amide bonds. The largest absolute Gasteiger partial charge is 0.341 e. The van der Waals surface area contributed by atoms with Gasteiger partial charge in [0.15, 0.2) is 0 Å². The second-order valence-corrected chi connectivity index (χ2v) is 10.7. The molecule has 3 unspecified atom stereocenters. The van der Waals surface area contributed by atoms with Crippen LogP contribution in [-0.2, 0) is 21.0 Å². The van der Waals surface area contributed by atoms with Gasteiger partial charge in [0.2, 0.25) is 5.91 Å². The molecule has 4 rings (SSSR count). The van der Waals surface area contributed by atoms with Gasteiger partial charge in [-0.1, -0.05) is 78.9 Å². The first-order valence-corrected chi connectivity index (χ1v) is 12.7. The van der Waals surface area contributed by atoms with Crippen molar-refractivity contribution in [2.75, 3.05) is 13.6 Å². The van der Waals surface area contributed by atoms with Crippen LogP contribution in [0.25, 0.3) is 0 Å². The molecule has 0 bridgehead atoms. The SMILES string of the molecule is C=S(=O)(c1ccccc1)N1CC(C(=O)N(C)Cc2ccccc2)CCC1c1ccccc1. The minimum atomic E-state index is -2.75. The first-order chi connectivity index (χ1) is 15.5. The number of amides is 1. The van der Waals surface area contributed by atoms with Gasteiger partial charge < -0.3 is 4.90 Å². The van der Waals surface area contributed by atoms with E-state index in [0.29, 0.717) is 18.0 Å². The maximum Gasteiger partial charge on any atom is 0.227 e. The van der Waals surface area contributed by atoms with Gasteiger partial charge in [0.1, 0.15) is 0 Å². The third kappa shape index (κ3) is 4.79. The molecule has 1 fully saturated rings. The van der Waals surface area contributed by atoms with Crippen LogP contribution in [0.3, 0.4) is 0 Å². The molecule has 3 atom stereocenters. The minimum Gasteiger partial charge on any atom is -0.341 e. The molecule has 3 aromatic carbocycles. The van der Waals surface area contributed by atoms with Crippen molar-refractivity contribution in [2.45, 2.75) is 30.3 Å². The van der Waals surface area contributed by atoms with Gasteiger partial charge >= 0.3 is 0 Å². The molecule has 3 aromatic rings. The molecule has 0 aromatic heterocycles. The van der Waals surface area contributed by atoms with Crippen LogP contribution < -0.4 is 0 Å². The predicted molar refractivity (Wildman–Crippen MR) is 132 cm³/mol. The molecule has 4 nitrogen and oxygen atoms in total. The zero-order valence-corrected chi connectivity index (χ0v) is 19.3. The van der Waals surface area contributed by atoms with Crippen molar-refractivity contribution in [3.8, 4) is 0 Å². The summed E-state index contributed by atoms with van der Waals surface area (Å²) in [6.45, 7) is 0.992. The zero-order chi connectivity index (χ0) is 22.6. The van der Waals surface area contributed by atoms with Crippen molar-refractivity contribution >= 4 is 21.5 Å². The first kappa shape index (κ1) is 22.3. The van der Waals surface area contributed by atoms with E-state index in [0.717, 1.165) is 24.0 Å². The molecule has 166 valence electrons. The average Bonchev–Trinajstić information content (AvgIpc) is 2.85. The standard InChI is InChI=1S/C27H30N2O2S/c1-28(20-22-12-6-3-7-13-22)27(30)24-18-19-26(23-14-8-4-9-15-23)29(21-24)32(2,31)25-16-10-5-11-17-25/h3-17,24,26H,2,18-21H2,1H3. The van der Waals surface area contributed by atoms with Crippen molar-refractivity contribution in [1.82, 2.24) is 9.21 Å². The predicted octanol–water partition coefficient (Wildman–Crippen LogP) is 4.79. The Labute approximate surface area is 191 Å². The summed E-state index contributed by atoms with van der Waals surface area (Å²) in [6.07, 6.45) is 1.53. The van der Waals surface area contributed by atoms with Crippen LogP contribution in [0.4, 0.5) is 0 Å². The number of rotatable bonds is 6. The second kappa shape index (κ2) is 9.72. The highest BCUT2D eigenvalue weighted by Gasteiger charge is 2.38. The number of carbonyl (C=O) groups excluding carboxylic acids is 1. The highest BCUT2D eigenvalue weighted by atomic mass is 32.2. The fourth-order valence-electron chi connectivity index (χ4n) is 4.49. The molecule has 0 spiro atoms. The number of hydrogen-bond acceptors (Lipinski definition) is 2. The lowest BCUT2D eigenvalue weighted by Crippen LogP contribution is -2.47. The van der Waals surface area contributed by atoms with Gasteiger partial charge in [-0.3, -0.25) is 4.79 Å². The molecular weight excluding hydrogens is 416 g/mol. The van der Waals surface area contributed by atoms with Crippen molar-refractivity contribution in [3.05, 3.63) is 102 Å². The van der Waals surface area contributed by atoms with Crippen LogP contribution in [0.15, 0.2) is 95.9 Å². The first-order valence-electron chi connectivity index (χ1n) is 11.0. The van der Waals surface area contributed by atoms with Gasteiger partial charge in [0, 0.05) is 31.1 Å². The van der Waals surface area contributed by atoms with Gasteiger partial charge in [-0.15, -0.1) is 0 Å². The van der Waals surface area contributed by atoms with E-state index in [4.69, 9.17) is 0 Å². The molecule has 0 radical (unpaired) electrons. The van der Waals surface area contributed by atoms with E-state index >= 15 is 0 Å². The van der Waals surface area contributed by atoms with E-state index in [-0.39, 0.29) is 17.9 Å². The number of hydrogen-bond donors (Lipinski definition) is 0. The molecule has 1 aliphatic rings. The van der Waals surface area contributed by atoms with Crippen molar-refractivity contribution < 1.29 is 9.00 Å². The summed E-state index contributed by atoms with van der Waals surface area (Å²) in [5.41, 5.74) is 2.21. The van der Waals surface area contributed by atoms with E-state index < -0.39 is 9.71 Å². The Morgan fingerprint density at radius 2 is 1.50 bits per heavy atom. The van der Waals surface area contributed by atoms with E-state index in [1.807, 2.05) is 90.2 Å². The molecule has 0 saturated carbocycles. The Morgan fingerprint density at radius 3 is 2.12 bits per heavy atom. The monoisotopic (exact) mass is 446 g/mol. The van der Waals surface area contributed by atoms with Crippen LogP contribution in [-0.4, -0.2) is 38.8 Å². The molecule has 0 aliphatic carbocycles. The maximum atomic E-state index is 14.0. The smallest absolute Gasteiger partial charge is 0.227 e. The molecule has 5 heteroatoms. The quantitative estimate of drug-likeness (QED) is 0.511. The van der Waals surface area contributed by atoms with Crippen LogP contribution in [0, 0.1) is 5.92 Å². The summed E-state index contributed by atoms with van der Waals surface area (Å²) < 4.78 is 16.0. The lowest BCUT2D eigenvalue weighted by atomic mass is 9.90. The fourth-order valence-corrected chi connectivity index (χ4v) is 6.40. The lowest BCUT2D eigenvalue weighted by molar-refractivity contribution is -0.136. The average molecular weight is 447 g/mol. The van der Waals surface area contributed by atoms with E-state index in [9.17, 15) is 9.00 Å². The van der Waals surface area contributed by atoms with Crippen molar-refractivity contribution in [3.63, 3.8) is 0 Å². The van der Waals surface area contributed by atoms with Crippen LogP contribution in [0.2, 0.25) is 0 Å². The van der Waals surface area contributed by atoms with Crippen molar-refractivity contribution in [2.24, 2.45) is 5.92 Å². The summed E-state index contributed by atoms with van der Waals surface area (Å²) in [6, 6.07) is 29.5. The number of piperidine rings is 1. The topological polar surface area (TPSA) is 40.6 Å². The zero-order valence-electron chi connectivity index (χ0n) is 18.5. The maximum absolute atomic E-state index is 14.0. The minimum absolute atomic E-state index is 0.0371. The van der Waals surface area contributed by atoms with Gasteiger partial charge in [0.05, 0.1) is 15.6 Å². The molecular formula is C27H30N2O2S. The third-order valence-corrected chi connectivity index (χ3v) is 8.37. The molecule has 1 heterocycles. The van der Waals surface area contributed by atoms with E-state index in [1.54, 1.807) is 4.90 Å². The molecule has 32 heavy (non-hydrogen) atoms. The fraction of sp³-hybridized carbons (Fsp3) is 0.259. The Balaban J connectivity index is 1.60. The number of nitrogens with zero attached hydrogens (tertiary/aromatic N) is 2. The van der Waals surface area contributed by atoms with Crippen molar-refractivity contribution in [1.29, 1.82) is 0 Å². The molecule has 0 N–H and O–H groups in total. The Kier molecular flexibility index (Phi) is 6.77. The molecule has 1 aliphatic heterocycles. The van der Waals surface area contributed by atoms with Gasteiger partial charge in [0.25, 0.3) is 0 Å². The third-order valence-electron chi connectivity index (χ3n) is 6.20. The van der Waals surface area contributed by atoms with Gasteiger partial charge in [-0.05, 0) is 42.0 Å². The summed E-state index contributed by atoms with van der Waals surface area (Å²) in [7, 11) is -0.899. The van der Waals surface area contributed by atoms with Gasteiger partial charge in [-0.2, -0.15) is 0 Å². The normalized spacial score (nSPS) is 20.9. The summed E-state index contributed by atoms with van der Waals surface area (Å²) in [5, 5.41) is 0. The van der Waals surface area contributed by atoms with Gasteiger partial charge in [-0.25, -0.2) is 8.51 Å². The van der Waals surface area contributed by atoms with Crippen LogP contribution in [0.1, 0.15) is 30.0 Å². The van der Waals surface area contributed by atoms with Crippen LogP contribution in [0.5, 0.6) is 0 Å². The van der Waals surface area contributed by atoms with Crippen LogP contribution >= 0.6 is 0 Å². The summed E-state index contributed by atoms with van der Waals surface area (Å²) >= 11 is 0. The Bertz CT molecular complexity index is 1130. The highest BCUT2D eigenvalue weighted by molar-refractivity contribution is 7.98. The Morgan fingerprint density at radius 1 is 0.938 bits per heavy atom. The number of carbonyl (C=O) groups is 1. The van der Waals surface area contributed by atoms with E-state index in [1.165, 1.54) is 0 Å². The molecule has 1 saturated heterocycles. The Hall–Kier alpha value is -2.89. The lowest BCUT2D eigenvalue weighted by Gasteiger charge is -2.41. The van der Waals surface area contributed by atoms with E-state index in [2.05, 4.69) is 18.0 Å². The number of benzene rings is 3. The summed E-state index contributed by atoms with van der Waals surface area (Å²) in [5.74, 6) is 4.05. The highest BCUT2D eigenvalue weighted by Crippen LogP contribution is 2.38. The summed E-state index contributed by atoms with van der Waals surface area (Å²) in [4.78, 5) is 15.8.